The largest absolute Gasteiger partial charge is 0.388 e. The van der Waals surface area contributed by atoms with Crippen molar-refractivity contribution in [2.45, 2.75) is 19.4 Å². The molecular weight excluding hydrogens is 270 g/mol. The van der Waals surface area contributed by atoms with Crippen LogP contribution >= 0.6 is 22.6 Å². The molecule has 1 atom stereocenters. The summed E-state index contributed by atoms with van der Waals surface area (Å²) in [7, 11) is 0. The van der Waals surface area contributed by atoms with Gasteiger partial charge in [0.2, 0.25) is 0 Å². The topological polar surface area (TPSA) is 20.2 Å². The van der Waals surface area contributed by atoms with Crippen molar-refractivity contribution in [2.24, 2.45) is 0 Å². The smallest absolute Gasteiger partial charge is 0.123 e. The Hall–Kier alpha value is -0.160. The van der Waals surface area contributed by atoms with E-state index in [4.69, 9.17) is 0 Å². The summed E-state index contributed by atoms with van der Waals surface area (Å²) in [6.07, 6.45) is 0.0621. The molecule has 0 bridgehead atoms. The number of benzene rings is 1. The summed E-state index contributed by atoms with van der Waals surface area (Å²) < 4.78 is 13.6. The third-order valence-electron chi connectivity index (χ3n) is 1.70. The number of aliphatic hydroxyl groups is 1. The van der Waals surface area contributed by atoms with Crippen LogP contribution in [0.4, 0.5) is 4.39 Å². The molecular formula is C9H10FIO. The predicted molar refractivity (Wildman–Crippen MR) is 54.4 cm³/mol. The van der Waals surface area contributed by atoms with Crippen LogP contribution in [0.5, 0.6) is 0 Å². The first-order chi connectivity index (χ1) is 5.65. The third kappa shape index (κ3) is 2.17. The van der Waals surface area contributed by atoms with Gasteiger partial charge in [0, 0.05) is 3.57 Å². The number of hydrogen-bond donors (Lipinski definition) is 1. The van der Waals surface area contributed by atoms with E-state index in [2.05, 4.69) is 22.6 Å². The normalized spacial score (nSPS) is 13.0. The van der Waals surface area contributed by atoms with Gasteiger partial charge in [-0.1, -0.05) is 6.92 Å². The Balaban J connectivity index is 3.04. The van der Waals surface area contributed by atoms with E-state index in [-0.39, 0.29) is 5.82 Å². The molecule has 3 heteroatoms. The molecule has 0 fully saturated rings. The summed E-state index contributed by atoms with van der Waals surface area (Å²) in [6, 6.07) is 4.45. The SMILES string of the molecule is CC[C@H](O)c1cc(F)ccc1I. The predicted octanol–water partition coefficient (Wildman–Crippen LogP) is 2.87. The molecule has 0 unspecified atom stereocenters. The van der Waals surface area contributed by atoms with E-state index in [0.29, 0.717) is 12.0 Å². The van der Waals surface area contributed by atoms with Crippen molar-refractivity contribution in [3.05, 3.63) is 33.1 Å². The lowest BCUT2D eigenvalue weighted by Gasteiger charge is -2.09. The van der Waals surface area contributed by atoms with Crippen LogP contribution in [-0.4, -0.2) is 5.11 Å². The molecule has 0 radical (unpaired) electrons. The van der Waals surface area contributed by atoms with Crippen LogP contribution in [0.2, 0.25) is 0 Å². The molecule has 1 rings (SSSR count). The minimum absolute atomic E-state index is 0.294. The lowest BCUT2D eigenvalue weighted by Crippen LogP contribution is -1.98. The van der Waals surface area contributed by atoms with Crippen LogP contribution in [-0.2, 0) is 0 Å². The van der Waals surface area contributed by atoms with Gasteiger partial charge in [0.15, 0.2) is 0 Å². The molecule has 0 saturated heterocycles. The van der Waals surface area contributed by atoms with Crippen LogP contribution in [0.3, 0.4) is 0 Å². The van der Waals surface area contributed by atoms with Crippen LogP contribution in [0.1, 0.15) is 25.0 Å². The van der Waals surface area contributed by atoms with E-state index in [1.807, 2.05) is 6.92 Å². The molecule has 12 heavy (non-hydrogen) atoms. The molecule has 0 amide bonds. The molecule has 0 aliphatic rings. The fourth-order valence-corrected chi connectivity index (χ4v) is 1.68. The lowest BCUT2D eigenvalue weighted by molar-refractivity contribution is 0.172. The summed E-state index contributed by atoms with van der Waals surface area (Å²) in [4.78, 5) is 0. The second kappa shape index (κ2) is 4.18. The average Bonchev–Trinajstić information content (AvgIpc) is 2.08. The van der Waals surface area contributed by atoms with Crippen molar-refractivity contribution in [2.75, 3.05) is 0 Å². The molecule has 1 aromatic carbocycles. The van der Waals surface area contributed by atoms with Crippen molar-refractivity contribution in [3.63, 3.8) is 0 Å². The third-order valence-corrected chi connectivity index (χ3v) is 2.69. The highest BCUT2D eigenvalue weighted by Gasteiger charge is 2.09. The van der Waals surface area contributed by atoms with Crippen molar-refractivity contribution in [1.29, 1.82) is 0 Å². The zero-order chi connectivity index (χ0) is 9.14. The van der Waals surface area contributed by atoms with Crippen molar-refractivity contribution in [3.8, 4) is 0 Å². The van der Waals surface area contributed by atoms with Gasteiger partial charge in [0.1, 0.15) is 5.82 Å². The van der Waals surface area contributed by atoms with Gasteiger partial charge in [-0.25, -0.2) is 4.39 Å². The Labute approximate surface area is 84.7 Å². The number of hydrogen-bond acceptors (Lipinski definition) is 1. The van der Waals surface area contributed by atoms with Crippen LogP contribution in [0.15, 0.2) is 18.2 Å². The van der Waals surface area contributed by atoms with E-state index in [1.54, 1.807) is 6.07 Å². The van der Waals surface area contributed by atoms with Gasteiger partial charge >= 0.3 is 0 Å². The Morgan fingerprint density at radius 1 is 1.58 bits per heavy atom. The second-order valence-corrected chi connectivity index (χ2v) is 3.75. The maximum atomic E-state index is 12.7. The number of aliphatic hydroxyl groups excluding tert-OH is 1. The molecule has 0 aliphatic carbocycles. The Morgan fingerprint density at radius 2 is 2.25 bits per heavy atom. The average molecular weight is 280 g/mol. The summed E-state index contributed by atoms with van der Waals surface area (Å²) in [5.74, 6) is -0.294. The second-order valence-electron chi connectivity index (χ2n) is 2.59. The number of halogens is 2. The van der Waals surface area contributed by atoms with E-state index >= 15 is 0 Å². The lowest BCUT2D eigenvalue weighted by atomic mass is 10.1. The first-order valence-electron chi connectivity index (χ1n) is 3.78. The molecule has 1 aromatic rings. The van der Waals surface area contributed by atoms with Gasteiger partial charge in [0.25, 0.3) is 0 Å². The van der Waals surface area contributed by atoms with Crippen LogP contribution in [0.25, 0.3) is 0 Å². The van der Waals surface area contributed by atoms with Gasteiger partial charge < -0.3 is 5.11 Å². The zero-order valence-electron chi connectivity index (χ0n) is 6.72. The summed E-state index contributed by atoms with van der Waals surface area (Å²) >= 11 is 2.09. The van der Waals surface area contributed by atoms with E-state index in [1.165, 1.54) is 12.1 Å². The summed E-state index contributed by atoms with van der Waals surface area (Å²) in [6.45, 7) is 1.87. The molecule has 0 heterocycles. The minimum atomic E-state index is -0.549. The summed E-state index contributed by atoms with van der Waals surface area (Å²) in [5, 5.41) is 9.46. The standard InChI is InChI=1S/C9H10FIO/c1-2-9(12)7-5-6(10)3-4-8(7)11/h3-5,9,12H,2H2,1H3/t9-/m0/s1. The molecule has 0 aliphatic heterocycles. The molecule has 1 nitrogen and oxygen atoms in total. The summed E-state index contributed by atoms with van der Waals surface area (Å²) in [5.41, 5.74) is 0.679. The minimum Gasteiger partial charge on any atom is -0.388 e. The van der Waals surface area contributed by atoms with Crippen molar-refractivity contribution < 1.29 is 9.50 Å². The molecule has 0 saturated carbocycles. The van der Waals surface area contributed by atoms with Crippen LogP contribution in [0, 0.1) is 9.39 Å². The first kappa shape index (κ1) is 9.92. The first-order valence-corrected chi connectivity index (χ1v) is 4.86. The van der Waals surface area contributed by atoms with E-state index < -0.39 is 6.10 Å². The Morgan fingerprint density at radius 3 is 2.83 bits per heavy atom. The Bertz CT molecular complexity index is 275. The molecule has 1 N–H and O–H groups in total. The fourth-order valence-electron chi connectivity index (χ4n) is 0.990. The van der Waals surface area contributed by atoms with Gasteiger partial charge in [-0.15, -0.1) is 0 Å². The molecule has 0 spiro atoms. The highest BCUT2D eigenvalue weighted by molar-refractivity contribution is 14.1. The highest BCUT2D eigenvalue weighted by Crippen LogP contribution is 2.22. The van der Waals surface area contributed by atoms with Crippen LogP contribution < -0.4 is 0 Å². The van der Waals surface area contributed by atoms with Gasteiger partial charge in [-0.3, -0.25) is 0 Å². The number of rotatable bonds is 2. The molecule has 0 aromatic heterocycles. The van der Waals surface area contributed by atoms with E-state index in [9.17, 15) is 9.50 Å². The highest BCUT2D eigenvalue weighted by atomic mass is 127. The molecule has 66 valence electrons. The van der Waals surface area contributed by atoms with Gasteiger partial charge in [-0.2, -0.15) is 0 Å². The monoisotopic (exact) mass is 280 g/mol. The Kier molecular flexibility index (Phi) is 3.46. The van der Waals surface area contributed by atoms with E-state index in [0.717, 1.165) is 3.57 Å². The van der Waals surface area contributed by atoms with Crippen molar-refractivity contribution in [1.82, 2.24) is 0 Å². The maximum absolute atomic E-state index is 12.7. The fraction of sp³-hybridized carbons (Fsp3) is 0.333. The van der Waals surface area contributed by atoms with Gasteiger partial charge in [-0.05, 0) is 52.8 Å². The van der Waals surface area contributed by atoms with Crippen molar-refractivity contribution >= 4 is 22.6 Å². The van der Waals surface area contributed by atoms with Gasteiger partial charge in [0.05, 0.1) is 6.10 Å². The quantitative estimate of drug-likeness (QED) is 0.826. The zero-order valence-corrected chi connectivity index (χ0v) is 8.88. The maximum Gasteiger partial charge on any atom is 0.123 e.